The van der Waals surface area contributed by atoms with Crippen molar-refractivity contribution in [2.75, 3.05) is 16.8 Å². The normalized spacial score (nSPS) is 22.6. The van der Waals surface area contributed by atoms with Gasteiger partial charge in [0, 0.05) is 12.2 Å². The number of rotatable bonds is 2. The van der Waals surface area contributed by atoms with Crippen LogP contribution in [0.4, 0.5) is 5.95 Å². The molecule has 0 spiro atoms. The van der Waals surface area contributed by atoms with Gasteiger partial charge in [0.25, 0.3) is 0 Å². The van der Waals surface area contributed by atoms with E-state index in [1.54, 1.807) is 0 Å². The average Bonchev–Trinajstić information content (AvgIpc) is 2.28. The first kappa shape index (κ1) is 11.8. The van der Waals surface area contributed by atoms with Crippen molar-refractivity contribution >= 4 is 15.8 Å². The van der Waals surface area contributed by atoms with Gasteiger partial charge >= 0.3 is 0 Å². The predicted octanol–water partition coefficient (Wildman–Crippen LogP) is 0.337. The number of hydrogen-bond acceptors (Lipinski definition) is 6. The monoisotopic (exact) mass is 252 g/mol. The molecule has 1 aromatic rings. The van der Waals surface area contributed by atoms with Gasteiger partial charge in [0.05, 0.1) is 11.5 Å². The van der Waals surface area contributed by atoms with Gasteiger partial charge in [-0.3, -0.25) is 0 Å². The molecule has 0 amide bonds. The standard InChI is InChI=1S/C10H12N4O2S/c11-6-8-3-4-12-10(13-8)14-9-2-1-5-17(15,16)7-9/h3-4,9H,1-2,5,7H2,(H,12,13,14). The summed E-state index contributed by atoms with van der Waals surface area (Å²) in [6, 6.07) is 3.25. The number of nitrogens with one attached hydrogen (secondary N) is 1. The Morgan fingerprint density at radius 1 is 1.53 bits per heavy atom. The zero-order valence-corrected chi connectivity index (χ0v) is 9.94. The molecule has 1 aliphatic rings. The molecule has 0 radical (unpaired) electrons. The molecule has 0 bridgehead atoms. The first-order chi connectivity index (χ1) is 8.09. The van der Waals surface area contributed by atoms with Crippen molar-refractivity contribution in [3.8, 4) is 6.07 Å². The SMILES string of the molecule is N#Cc1ccnc(NC2CCCS(=O)(=O)C2)n1. The second-order valence-corrected chi connectivity index (χ2v) is 6.20. The molecule has 0 aromatic carbocycles. The topological polar surface area (TPSA) is 95.7 Å². The lowest BCUT2D eigenvalue weighted by atomic mass is 10.2. The van der Waals surface area contributed by atoms with Crippen LogP contribution in [0.5, 0.6) is 0 Å². The molecule has 1 unspecified atom stereocenters. The Morgan fingerprint density at radius 2 is 2.35 bits per heavy atom. The number of aromatic nitrogens is 2. The zero-order valence-electron chi connectivity index (χ0n) is 9.13. The van der Waals surface area contributed by atoms with Crippen molar-refractivity contribution in [3.63, 3.8) is 0 Å². The van der Waals surface area contributed by atoms with Crippen LogP contribution in [0.15, 0.2) is 12.3 Å². The van der Waals surface area contributed by atoms with E-state index in [1.807, 2.05) is 6.07 Å². The molecule has 6 nitrogen and oxygen atoms in total. The average molecular weight is 252 g/mol. The fourth-order valence-electron chi connectivity index (χ4n) is 1.81. The lowest BCUT2D eigenvalue weighted by Crippen LogP contribution is -2.35. The Morgan fingerprint density at radius 3 is 3.06 bits per heavy atom. The number of anilines is 1. The molecule has 2 rings (SSSR count). The fourth-order valence-corrected chi connectivity index (χ4v) is 3.45. The van der Waals surface area contributed by atoms with Crippen LogP contribution in [0.2, 0.25) is 0 Å². The summed E-state index contributed by atoms with van der Waals surface area (Å²) in [5, 5.41) is 11.6. The summed E-state index contributed by atoms with van der Waals surface area (Å²) in [5.74, 6) is 0.670. The van der Waals surface area contributed by atoms with Gasteiger partial charge in [-0.2, -0.15) is 5.26 Å². The van der Waals surface area contributed by atoms with Gasteiger partial charge in [0.1, 0.15) is 11.8 Å². The molecule has 17 heavy (non-hydrogen) atoms. The molecule has 1 atom stereocenters. The van der Waals surface area contributed by atoms with Crippen molar-refractivity contribution in [2.24, 2.45) is 0 Å². The first-order valence-corrected chi connectivity index (χ1v) is 7.11. The zero-order chi connectivity index (χ0) is 12.3. The fraction of sp³-hybridized carbons (Fsp3) is 0.500. The smallest absolute Gasteiger partial charge is 0.224 e. The Hall–Kier alpha value is -1.68. The van der Waals surface area contributed by atoms with E-state index < -0.39 is 9.84 Å². The van der Waals surface area contributed by atoms with Crippen LogP contribution in [0.3, 0.4) is 0 Å². The maximum atomic E-state index is 11.4. The quantitative estimate of drug-likeness (QED) is 0.815. The molecule has 1 aliphatic heterocycles. The second kappa shape index (κ2) is 4.67. The van der Waals surface area contributed by atoms with Gasteiger partial charge in [-0.25, -0.2) is 18.4 Å². The minimum absolute atomic E-state index is 0.104. The van der Waals surface area contributed by atoms with E-state index in [0.29, 0.717) is 12.4 Å². The van der Waals surface area contributed by atoms with Crippen molar-refractivity contribution in [1.29, 1.82) is 5.26 Å². The molecule has 1 N–H and O–H groups in total. The van der Waals surface area contributed by atoms with Gasteiger partial charge in [-0.1, -0.05) is 0 Å². The maximum absolute atomic E-state index is 11.4. The molecule has 1 saturated heterocycles. The Bertz CT molecular complexity index is 550. The van der Waals surface area contributed by atoms with Crippen molar-refractivity contribution in [1.82, 2.24) is 9.97 Å². The lowest BCUT2D eigenvalue weighted by Gasteiger charge is -2.22. The van der Waals surface area contributed by atoms with Crippen molar-refractivity contribution in [3.05, 3.63) is 18.0 Å². The molecule has 7 heteroatoms. The van der Waals surface area contributed by atoms with E-state index in [9.17, 15) is 8.42 Å². The van der Waals surface area contributed by atoms with Crippen LogP contribution in [0.1, 0.15) is 18.5 Å². The highest BCUT2D eigenvalue weighted by Gasteiger charge is 2.25. The summed E-state index contributed by atoms with van der Waals surface area (Å²) in [4.78, 5) is 7.92. The number of nitriles is 1. The third-order valence-electron chi connectivity index (χ3n) is 2.57. The largest absolute Gasteiger partial charge is 0.350 e. The molecular weight excluding hydrogens is 240 g/mol. The van der Waals surface area contributed by atoms with Crippen LogP contribution >= 0.6 is 0 Å². The highest BCUT2D eigenvalue weighted by Crippen LogP contribution is 2.15. The van der Waals surface area contributed by atoms with Crippen molar-refractivity contribution < 1.29 is 8.42 Å². The Balaban J connectivity index is 2.08. The first-order valence-electron chi connectivity index (χ1n) is 5.29. The minimum atomic E-state index is -2.95. The second-order valence-electron chi connectivity index (χ2n) is 3.98. The van der Waals surface area contributed by atoms with Crippen LogP contribution in [0.25, 0.3) is 0 Å². The molecule has 1 aromatic heterocycles. The van der Waals surface area contributed by atoms with Crippen LogP contribution in [-0.2, 0) is 9.84 Å². The van der Waals surface area contributed by atoms with Crippen LogP contribution < -0.4 is 5.32 Å². The van der Waals surface area contributed by atoms with Gasteiger partial charge in [0.2, 0.25) is 5.95 Å². The highest BCUT2D eigenvalue weighted by molar-refractivity contribution is 7.91. The molecule has 90 valence electrons. The maximum Gasteiger partial charge on any atom is 0.224 e. The summed E-state index contributed by atoms with van der Waals surface area (Å²) in [5.41, 5.74) is 0.265. The summed E-state index contributed by atoms with van der Waals surface area (Å²) < 4.78 is 22.9. The van der Waals surface area contributed by atoms with Crippen LogP contribution in [0, 0.1) is 11.3 Å². The van der Waals surface area contributed by atoms with E-state index in [0.717, 1.165) is 6.42 Å². The van der Waals surface area contributed by atoms with Gasteiger partial charge in [-0.15, -0.1) is 0 Å². The van der Waals surface area contributed by atoms with Gasteiger partial charge in [0.15, 0.2) is 9.84 Å². The third-order valence-corrected chi connectivity index (χ3v) is 4.39. The molecule has 2 heterocycles. The van der Waals surface area contributed by atoms with Crippen molar-refractivity contribution in [2.45, 2.75) is 18.9 Å². The highest BCUT2D eigenvalue weighted by atomic mass is 32.2. The molecule has 1 fully saturated rings. The predicted molar refractivity (Wildman–Crippen MR) is 62.0 cm³/mol. The number of nitrogens with zero attached hydrogens (tertiary/aromatic N) is 3. The third kappa shape index (κ3) is 3.14. The van der Waals surface area contributed by atoms with Crippen LogP contribution in [-0.4, -0.2) is 35.9 Å². The summed E-state index contributed by atoms with van der Waals surface area (Å²) in [6.07, 6.45) is 2.91. The lowest BCUT2D eigenvalue weighted by molar-refractivity contribution is 0.561. The van der Waals surface area contributed by atoms with E-state index in [-0.39, 0.29) is 23.2 Å². The summed E-state index contributed by atoms with van der Waals surface area (Å²) >= 11 is 0. The number of hydrogen-bond donors (Lipinski definition) is 1. The number of sulfone groups is 1. The van der Waals surface area contributed by atoms with Gasteiger partial charge in [-0.05, 0) is 18.9 Å². The van der Waals surface area contributed by atoms with E-state index >= 15 is 0 Å². The Labute approximate surface area is 99.6 Å². The molecule has 0 saturated carbocycles. The summed E-state index contributed by atoms with van der Waals surface area (Å²) in [6.45, 7) is 0. The van der Waals surface area contributed by atoms with E-state index in [4.69, 9.17) is 5.26 Å². The van der Waals surface area contributed by atoms with E-state index in [2.05, 4.69) is 15.3 Å². The summed E-state index contributed by atoms with van der Waals surface area (Å²) in [7, 11) is -2.95. The van der Waals surface area contributed by atoms with Gasteiger partial charge < -0.3 is 5.32 Å². The van der Waals surface area contributed by atoms with E-state index in [1.165, 1.54) is 12.3 Å². The Kier molecular flexibility index (Phi) is 3.24. The minimum Gasteiger partial charge on any atom is -0.350 e. The molecule has 0 aliphatic carbocycles. The molecular formula is C10H12N4O2S.